The largest absolute Gasteiger partial charge is 0.319 e. The lowest BCUT2D eigenvalue weighted by Gasteiger charge is -2.09. The lowest BCUT2D eigenvalue weighted by molar-refractivity contribution is 0.484. The summed E-state index contributed by atoms with van der Waals surface area (Å²) in [7, 11) is 2.03. The van der Waals surface area contributed by atoms with Gasteiger partial charge in [-0.2, -0.15) is 11.8 Å². The molecule has 0 aliphatic carbocycles. The summed E-state index contributed by atoms with van der Waals surface area (Å²) in [5.41, 5.74) is 0. The highest BCUT2D eigenvalue weighted by atomic mass is 32.2. The molecule has 0 aromatic rings. The van der Waals surface area contributed by atoms with E-state index in [9.17, 15) is 0 Å². The first kappa shape index (κ1) is 12.3. The van der Waals surface area contributed by atoms with Gasteiger partial charge < -0.3 is 5.32 Å². The highest BCUT2D eigenvalue weighted by Crippen LogP contribution is 2.10. The maximum atomic E-state index is 3.21. The Morgan fingerprint density at radius 3 is 2.67 bits per heavy atom. The highest BCUT2D eigenvalue weighted by Gasteiger charge is 1.99. The van der Waals surface area contributed by atoms with Crippen LogP contribution in [0.3, 0.4) is 0 Å². The molecule has 0 saturated carbocycles. The molecule has 1 N–H and O–H groups in total. The van der Waals surface area contributed by atoms with Crippen molar-refractivity contribution in [1.82, 2.24) is 5.32 Å². The second-order valence-corrected chi connectivity index (χ2v) is 4.75. The van der Waals surface area contributed by atoms with Crippen LogP contribution in [0, 0.1) is 5.92 Å². The van der Waals surface area contributed by atoms with E-state index in [1.165, 1.54) is 37.3 Å². The van der Waals surface area contributed by atoms with Crippen molar-refractivity contribution >= 4 is 11.8 Å². The van der Waals surface area contributed by atoms with E-state index in [0.717, 1.165) is 5.92 Å². The van der Waals surface area contributed by atoms with Gasteiger partial charge in [0.25, 0.3) is 0 Å². The standard InChI is InChI=1S/C10H23NS/c1-4-12-8-6-5-7-10(2)9-11-3/h10-11H,4-9H2,1-3H3. The molecule has 12 heavy (non-hydrogen) atoms. The summed E-state index contributed by atoms with van der Waals surface area (Å²) in [6, 6.07) is 0. The SMILES string of the molecule is CCSCCCCC(C)CNC. The van der Waals surface area contributed by atoms with Gasteiger partial charge in [0.05, 0.1) is 0 Å². The molecule has 1 nitrogen and oxygen atoms in total. The van der Waals surface area contributed by atoms with Crippen molar-refractivity contribution in [3.8, 4) is 0 Å². The van der Waals surface area contributed by atoms with Crippen molar-refractivity contribution < 1.29 is 0 Å². The van der Waals surface area contributed by atoms with Crippen molar-refractivity contribution in [1.29, 1.82) is 0 Å². The van der Waals surface area contributed by atoms with Crippen LogP contribution in [0.25, 0.3) is 0 Å². The third-order valence-corrected chi connectivity index (χ3v) is 2.98. The molecule has 0 radical (unpaired) electrons. The average Bonchev–Trinajstić information content (AvgIpc) is 2.05. The van der Waals surface area contributed by atoms with Crippen LogP contribution in [-0.2, 0) is 0 Å². The molecule has 0 fully saturated rings. The molecule has 0 bridgehead atoms. The van der Waals surface area contributed by atoms with Crippen LogP contribution in [0.4, 0.5) is 0 Å². The summed E-state index contributed by atoms with van der Waals surface area (Å²) in [4.78, 5) is 0. The van der Waals surface area contributed by atoms with Crippen LogP contribution in [0.15, 0.2) is 0 Å². The molecule has 2 heteroatoms. The summed E-state index contributed by atoms with van der Waals surface area (Å²) in [5.74, 6) is 3.47. The molecule has 0 saturated heterocycles. The molecule has 0 rings (SSSR count). The van der Waals surface area contributed by atoms with Crippen molar-refractivity contribution in [2.75, 3.05) is 25.1 Å². The Labute approximate surface area is 81.7 Å². The summed E-state index contributed by atoms with van der Waals surface area (Å²) in [5, 5.41) is 3.21. The van der Waals surface area contributed by atoms with E-state index in [0.29, 0.717) is 0 Å². The van der Waals surface area contributed by atoms with Gasteiger partial charge >= 0.3 is 0 Å². The molecule has 0 aliphatic rings. The summed E-state index contributed by atoms with van der Waals surface area (Å²) in [6.07, 6.45) is 4.17. The molecule has 1 unspecified atom stereocenters. The van der Waals surface area contributed by atoms with Crippen molar-refractivity contribution in [3.63, 3.8) is 0 Å². The van der Waals surface area contributed by atoms with Crippen LogP contribution in [-0.4, -0.2) is 25.1 Å². The summed E-state index contributed by atoms with van der Waals surface area (Å²) >= 11 is 2.06. The quantitative estimate of drug-likeness (QED) is 0.589. The predicted molar refractivity (Wildman–Crippen MR) is 59.9 cm³/mol. The van der Waals surface area contributed by atoms with Crippen molar-refractivity contribution in [2.45, 2.75) is 33.1 Å². The fourth-order valence-electron chi connectivity index (χ4n) is 1.29. The van der Waals surface area contributed by atoms with E-state index >= 15 is 0 Å². The van der Waals surface area contributed by atoms with Gasteiger partial charge in [-0.1, -0.05) is 20.3 Å². The van der Waals surface area contributed by atoms with Crippen LogP contribution in [0.2, 0.25) is 0 Å². The highest BCUT2D eigenvalue weighted by molar-refractivity contribution is 7.99. The molecule has 0 spiro atoms. The molecule has 1 atom stereocenters. The summed E-state index contributed by atoms with van der Waals surface area (Å²) < 4.78 is 0. The van der Waals surface area contributed by atoms with Crippen LogP contribution in [0.1, 0.15) is 33.1 Å². The van der Waals surface area contributed by atoms with E-state index in [4.69, 9.17) is 0 Å². The first-order valence-electron chi connectivity index (χ1n) is 5.03. The van der Waals surface area contributed by atoms with E-state index in [1.807, 2.05) is 7.05 Å². The van der Waals surface area contributed by atoms with Gasteiger partial charge in [-0.3, -0.25) is 0 Å². The van der Waals surface area contributed by atoms with Gasteiger partial charge in [-0.15, -0.1) is 0 Å². The van der Waals surface area contributed by atoms with Crippen LogP contribution < -0.4 is 5.32 Å². The van der Waals surface area contributed by atoms with Gasteiger partial charge in [-0.05, 0) is 43.9 Å². The molecular formula is C10H23NS. The Kier molecular flexibility index (Phi) is 9.64. The third-order valence-electron chi connectivity index (χ3n) is 1.99. The lowest BCUT2D eigenvalue weighted by atomic mass is 10.1. The number of hydrogen-bond donors (Lipinski definition) is 1. The van der Waals surface area contributed by atoms with Gasteiger partial charge in [0.1, 0.15) is 0 Å². The monoisotopic (exact) mass is 189 g/mol. The number of hydrogen-bond acceptors (Lipinski definition) is 2. The minimum absolute atomic E-state index is 0.849. The molecule has 0 aromatic heterocycles. The van der Waals surface area contributed by atoms with Gasteiger partial charge in [0, 0.05) is 0 Å². The van der Waals surface area contributed by atoms with Crippen molar-refractivity contribution in [3.05, 3.63) is 0 Å². The molecule has 0 heterocycles. The zero-order valence-corrected chi connectivity index (χ0v) is 9.54. The minimum atomic E-state index is 0.849. The molecular weight excluding hydrogens is 166 g/mol. The first-order valence-corrected chi connectivity index (χ1v) is 6.19. The Hall–Kier alpha value is 0.310. The van der Waals surface area contributed by atoms with E-state index < -0.39 is 0 Å². The maximum absolute atomic E-state index is 3.21. The second-order valence-electron chi connectivity index (χ2n) is 3.36. The zero-order chi connectivity index (χ0) is 9.23. The molecule has 0 aromatic carbocycles. The molecule has 74 valence electrons. The van der Waals surface area contributed by atoms with E-state index in [-0.39, 0.29) is 0 Å². The fourth-order valence-corrected chi connectivity index (χ4v) is 1.99. The average molecular weight is 189 g/mol. The van der Waals surface area contributed by atoms with Gasteiger partial charge in [0.2, 0.25) is 0 Å². The normalized spacial score (nSPS) is 13.2. The number of thioether (sulfide) groups is 1. The van der Waals surface area contributed by atoms with E-state index in [2.05, 4.69) is 30.9 Å². The van der Waals surface area contributed by atoms with Crippen molar-refractivity contribution in [2.24, 2.45) is 5.92 Å². The Bertz CT molecular complexity index is 85.9. The Balaban J connectivity index is 2.97. The Morgan fingerprint density at radius 1 is 1.33 bits per heavy atom. The first-order chi connectivity index (χ1) is 5.81. The third kappa shape index (κ3) is 8.41. The number of rotatable bonds is 8. The fraction of sp³-hybridized carbons (Fsp3) is 1.00. The minimum Gasteiger partial charge on any atom is -0.319 e. The lowest BCUT2D eigenvalue weighted by Crippen LogP contribution is -2.15. The second kappa shape index (κ2) is 9.40. The smallest absolute Gasteiger partial charge is 0.00262 e. The van der Waals surface area contributed by atoms with Crippen LogP contribution >= 0.6 is 11.8 Å². The molecule has 0 aliphatic heterocycles. The number of unbranched alkanes of at least 4 members (excludes halogenated alkanes) is 1. The maximum Gasteiger partial charge on any atom is -0.00262 e. The van der Waals surface area contributed by atoms with Gasteiger partial charge in [-0.25, -0.2) is 0 Å². The Morgan fingerprint density at radius 2 is 2.08 bits per heavy atom. The predicted octanol–water partition coefficient (Wildman–Crippen LogP) is 2.77. The van der Waals surface area contributed by atoms with Gasteiger partial charge in [0.15, 0.2) is 0 Å². The topological polar surface area (TPSA) is 12.0 Å². The van der Waals surface area contributed by atoms with Crippen LogP contribution in [0.5, 0.6) is 0 Å². The molecule has 0 amide bonds. The van der Waals surface area contributed by atoms with E-state index in [1.54, 1.807) is 0 Å². The number of nitrogens with one attached hydrogen (secondary N) is 1. The zero-order valence-electron chi connectivity index (χ0n) is 8.73. The summed E-state index contributed by atoms with van der Waals surface area (Å²) in [6.45, 7) is 5.72.